The van der Waals surface area contributed by atoms with E-state index in [4.69, 9.17) is 0 Å². The van der Waals surface area contributed by atoms with E-state index in [0.29, 0.717) is 18.0 Å². The molecule has 0 aliphatic carbocycles. The van der Waals surface area contributed by atoms with E-state index in [0.717, 1.165) is 6.54 Å². The molecular weight excluding hydrogens is 204 g/mol. The van der Waals surface area contributed by atoms with Gasteiger partial charge in [-0.15, -0.1) is 0 Å². The first-order valence-corrected chi connectivity index (χ1v) is 7.29. The van der Waals surface area contributed by atoms with Crippen LogP contribution in [0.4, 0.5) is 0 Å². The van der Waals surface area contributed by atoms with Crippen LogP contribution in [0.5, 0.6) is 0 Å². The van der Waals surface area contributed by atoms with E-state index in [1.165, 1.54) is 12.2 Å². The summed E-state index contributed by atoms with van der Waals surface area (Å²) in [5, 5.41) is 3.25. The van der Waals surface area contributed by atoms with Crippen LogP contribution in [0.2, 0.25) is 0 Å². The molecule has 15 heavy (non-hydrogen) atoms. The van der Waals surface area contributed by atoms with Crippen LogP contribution in [-0.4, -0.2) is 49.6 Å². The van der Waals surface area contributed by atoms with Crippen molar-refractivity contribution in [3.05, 3.63) is 0 Å². The van der Waals surface area contributed by atoms with Gasteiger partial charge in [0.05, 0.1) is 0 Å². The van der Waals surface area contributed by atoms with Crippen LogP contribution in [0.3, 0.4) is 0 Å². The Morgan fingerprint density at radius 2 is 1.87 bits per heavy atom. The Balaban J connectivity index is 3.99. The van der Waals surface area contributed by atoms with Gasteiger partial charge >= 0.3 is 0 Å². The zero-order chi connectivity index (χ0) is 11.8. The molecule has 0 aliphatic heterocycles. The Hall–Kier alpha value is 0.270. The molecule has 0 rings (SSSR count). The molecule has 3 unspecified atom stereocenters. The van der Waals surface area contributed by atoms with E-state index < -0.39 is 0 Å². The van der Waals surface area contributed by atoms with Crippen molar-refractivity contribution < 1.29 is 0 Å². The van der Waals surface area contributed by atoms with Gasteiger partial charge in [-0.05, 0) is 58.8 Å². The van der Waals surface area contributed by atoms with Crippen LogP contribution in [0.15, 0.2) is 0 Å². The maximum Gasteiger partial charge on any atom is 0.0104 e. The quantitative estimate of drug-likeness (QED) is 0.691. The molecule has 0 aliphatic rings. The van der Waals surface area contributed by atoms with Crippen LogP contribution < -0.4 is 5.32 Å². The third-order valence-electron chi connectivity index (χ3n) is 3.43. The molecule has 2 nitrogen and oxygen atoms in total. The van der Waals surface area contributed by atoms with Gasteiger partial charge in [0.2, 0.25) is 0 Å². The summed E-state index contributed by atoms with van der Waals surface area (Å²) in [6.07, 6.45) is 3.47. The van der Waals surface area contributed by atoms with Gasteiger partial charge in [-0.2, -0.15) is 11.8 Å². The Labute approximate surface area is 100 Å². The van der Waals surface area contributed by atoms with Gasteiger partial charge < -0.3 is 10.2 Å². The number of nitrogens with zero attached hydrogens (tertiary/aromatic N) is 1. The minimum Gasteiger partial charge on any atom is -0.319 e. The smallest absolute Gasteiger partial charge is 0.0104 e. The van der Waals surface area contributed by atoms with Crippen molar-refractivity contribution in [3.63, 3.8) is 0 Å². The first-order valence-electron chi connectivity index (χ1n) is 5.90. The van der Waals surface area contributed by atoms with E-state index in [1.54, 1.807) is 0 Å². The van der Waals surface area contributed by atoms with Crippen LogP contribution in [0.1, 0.15) is 27.2 Å². The Kier molecular flexibility index (Phi) is 8.58. The molecule has 0 amide bonds. The Morgan fingerprint density at radius 3 is 2.33 bits per heavy atom. The molecular formula is C12H28N2S. The summed E-state index contributed by atoms with van der Waals surface area (Å²) >= 11 is 1.94. The summed E-state index contributed by atoms with van der Waals surface area (Å²) in [5.74, 6) is 1.97. The lowest BCUT2D eigenvalue weighted by atomic mass is 10.0. The fourth-order valence-electron chi connectivity index (χ4n) is 1.79. The Bertz CT molecular complexity index is 153. The molecule has 1 N–H and O–H groups in total. The lowest BCUT2D eigenvalue weighted by molar-refractivity contribution is 0.148. The van der Waals surface area contributed by atoms with Crippen molar-refractivity contribution in [1.29, 1.82) is 0 Å². The number of thioether (sulfide) groups is 1. The fourth-order valence-corrected chi connectivity index (χ4v) is 2.36. The van der Waals surface area contributed by atoms with E-state index in [1.807, 2.05) is 18.8 Å². The zero-order valence-electron chi connectivity index (χ0n) is 11.2. The largest absolute Gasteiger partial charge is 0.319 e. The third kappa shape index (κ3) is 5.79. The average Bonchev–Trinajstić information content (AvgIpc) is 2.24. The highest BCUT2D eigenvalue weighted by Crippen LogP contribution is 2.14. The second-order valence-corrected chi connectivity index (χ2v) is 5.56. The highest BCUT2D eigenvalue weighted by molar-refractivity contribution is 7.98. The molecule has 0 aromatic carbocycles. The van der Waals surface area contributed by atoms with Gasteiger partial charge in [0, 0.05) is 12.1 Å². The van der Waals surface area contributed by atoms with Crippen molar-refractivity contribution >= 4 is 11.8 Å². The summed E-state index contributed by atoms with van der Waals surface area (Å²) in [4.78, 5) is 2.51. The number of hydrogen-bond acceptors (Lipinski definition) is 3. The van der Waals surface area contributed by atoms with Gasteiger partial charge in [-0.1, -0.05) is 6.92 Å². The molecule has 0 spiro atoms. The molecule has 0 fully saturated rings. The monoisotopic (exact) mass is 232 g/mol. The van der Waals surface area contributed by atoms with Crippen molar-refractivity contribution in [2.24, 2.45) is 5.92 Å². The molecule has 0 heterocycles. The summed E-state index contributed by atoms with van der Waals surface area (Å²) in [7, 11) is 4.28. The van der Waals surface area contributed by atoms with Gasteiger partial charge in [0.25, 0.3) is 0 Å². The van der Waals surface area contributed by atoms with Crippen LogP contribution >= 0.6 is 11.8 Å². The summed E-state index contributed by atoms with van der Waals surface area (Å²) in [5.41, 5.74) is 0. The van der Waals surface area contributed by atoms with Crippen LogP contribution in [0, 0.1) is 5.92 Å². The average molecular weight is 232 g/mol. The van der Waals surface area contributed by atoms with Crippen molar-refractivity contribution in [1.82, 2.24) is 10.2 Å². The number of hydrogen-bond donors (Lipinski definition) is 1. The third-order valence-corrected chi connectivity index (χ3v) is 4.07. The normalized spacial score (nSPS) is 17.8. The van der Waals surface area contributed by atoms with Gasteiger partial charge in [-0.3, -0.25) is 0 Å². The molecule has 3 heteroatoms. The standard InChI is InChI=1S/C12H28N2S/c1-10(9-13-4)12(3)14(5)11(2)7-8-15-6/h10-13H,7-9H2,1-6H3. The lowest BCUT2D eigenvalue weighted by Gasteiger charge is -2.34. The maximum absolute atomic E-state index is 3.25. The molecule has 0 saturated carbocycles. The maximum atomic E-state index is 3.25. The van der Waals surface area contributed by atoms with Crippen molar-refractivity contribution in [2.45, 2.75) is 39.3 Å². The Morgan fingerprint density at radius 1 is 1.27 bits per heavy atom. The van der Waals surface area contributed by atoms with Gasteiger partial charge in [0.1, 0.15) is 0 Å². The molecule has 0 radical (unpaired) electrons. The SMILES string of the molecule is CNCC(C)C(C)N(C)C(C)CCSC. The summed E-state index contributed by atoms with van der Waals surface area (Å²) in [6, 6.07) is 1.33. The second-order valence-electron chi connectivity index (χ2n) is 4.57. The highest BCUT2D eigenvalue weighted by Gasteiger charge is 2.20. The predicted octanol–water partition coefficient (Wildman–Crippen LogP) is 2.30. The fraction of sp³-hybridized carbons (Fsp3) is 1.00. The molecule has 0 bridgehead atoms. The van der Waals surface area contributed by atoms with Crippen molar-refractivity contribution in [3.8, 4) is 0 Å². The summed E-state index contributed by atoms with van der Waals surface area (Å²) in [6.45, 7) is 8.08. The highest BCUT2D eigenvalue weighted by atomic mass is 32.2. The molecule has 0 aromatic rings. The number of nitrogens with one attached hydrogen (secondary N) is 1. The lowest BCUT2D eigenvalue weighted by Crippen LogP contribution is -2.43. The second kappa shape index (κ2) is 8.43. The summed E-state index contributed by atoms with van der Waals surface area (Å²) < 4.78 is 0. The van der Waals surface area contributed by atoms with E-state index in [2.05, 4.69) is 44.3 Å². The van der Waals surface area contributed by atoms with Crippen LogP contribution in [0.25, 0.3) is 0 Å². The van der Waals surface area contributed by atoms with E-state index in [-0.39, 0.29) is 0 Å². The van der Waals surface area contributed by atoms with E-state index >= 15 is 0 Å². The number of rotatable bonds is 8. The van der Waals surface area contributed by atoms with Crippen molar-refractivity contribution in [2.75, 3.05) is 32.6 Å². The minimum atomic E-state index is 0.648. The zero-order valence-corrected chi connectivity index (χ0v) is 12.0. The van der Waals surface area contributed by atoms with E-state index in [9.17, 15) is 0 Å². The molecule has 92 valence electrons. The molecule has 0 saturated heterocycles. The molecule has 0 aromatic heterocycles. The minimum absolute atomic E-state index is 0.648. The molecule has 3 atom stereocenters. The van der Waals surface area contributed by atoms with Gasteiger partial charge in [-0.25, -0.2) is 0 Å². The topological polar surface area (TPSA) is 15.3 Å². The predicted molar refractivity (Wildman–Crippen MR) is 72.8 cm³/mol. The van der Waals surface area contributed by atoms with Gasteiger partial charge in [0.15, 0.2) is 0 Å². The first kappa shape index (κ1) is 15.3. The first-order chi connectivity index (χ1) is 7.04. The van der Waals surface area contributed by atoms with Crippen LogP contribution in [-0.2, 0) is 0 Å².